The fraction of sp³-hybridized carbons (Fsp3) is 0.529. The zero-order valence-electron chi connectivity index (χ0n) is 13.4. The van der Waals surface area contributed by atoms with Gasteiger partial charge in [-0.1, -0.05) is 12.1 Å². The maximum atomic E-state index is 12.2. The summed E-state index contributed by atoms with van der Waals surface area (Å²) < 4.78 is 5.80. The third-order valence-corrected chi connectivity index (χ3v) is 3.92. The number of nitrogens with one attached hydrogen (secondary N) is 1. The van der Waals surface area contributed by atoms with Gasteiger partial charge < -0.3 is 14.6 Å². The highest BCUT2D eigenvalue weighted by molar-refractivity contribution is 5.79. The molecule has 0 spiro atoms. The highest BCUT2D eigenvalue weighted by Crippen LogP contribution is 2.26. The number of rotatable bonds is 2. The predicted octanol–water partition coefficient (Wildman–Crippen LogP) is 2.96. The molecule has 1 saturated heterocycles. The standard InChI is InChI=1S/C17H23N3O2/c1-17(2,3)19-15(21)12-8-10-20(11-9-12)16-18-13-6-4-5-7-14(13)22-16/h4-7,12H,8-11H2,1-3H3,(H,19,21). The van der Waals surface area contributed by atoms with E-state index < -0.39 is 0 Å². The van der Waals surface area contributed by atoms with E-state index in [1.54, 1.807) is 0 Å². The van der Waals surface area contributed by atoms with Crippen LogP contribution in [0.25, 0.3) is 11.1 Å². The highest BCUT2D eigenvalue weighted by atomic mass is 16.4. The average molecular weight is 301 g/mol. The summed E-state index contributed by atoms with van der Waals surface area (Å²) in [6.45, 7) is 7.64. The maximum Gasteiger partial charge on any atom is 0.298 e. The van der Waals surface area contributed by atoms with Crippen LogP contribution in [0, 0.1) is 5.92 Å². The second-order valence-electron chi connectivity index (χ2n) is 6.96. The molecule has 118 valence electrons. The Hall–Kier alpha value is -2.04. The number of anilines is 1. The van der Waals surface area contributed by atoms with Gasteiger partial charge in [0, 0.05) is 24.5 Å². The lowest BCUT2D eigenvalue weighted by atomic mass is 9.95. The summed E-state index contributed by atoms with van der Waals surface area (Å²) in [6, 6.07) is 8.44. The minimum Gasteiger partial charge on any atom is -0.423 e. The van der Waals surface area contributed by atoms with Gasteiger partial charge in [-0.2, -0.15) is 4.98 Å². The van der Waals surface area contributed by atoms with Crippen molar-refractivity contribution >= 4 is 23.0 Å². The van der Waals surface area contributed by atoms with Gasteiger partial charge in [-0.05, 0) is 45.7 Å². The van der Waals surface area contributed by atoms with Crippen LogP contribution in [0.3, 0.4) is 0 Å². The molecule has 1 aliphatic heterocycles. The largest absolute Gasteiger partial charge is 0.423 e. The van der Waals surface area contributed by atoms with Crippen LogP contribution in [-0.2, 0) is 4.79 Å². The van der Waals surface area contributed by atoms with Crippen molar-refractivity contribution in [3.8, 4) is 0 Å². The van der Waals surface area contributed by atoms with Gasteiger partial charge in [-0.15, -0.1) is 0 Å². The molecule has 0 bridgehead atoms. The number of para-hydroxylation sites is 2. The third-order valence-electron chi connectivity index (χ3n) is 3.92. The molecule has 1 N–H and O–H groups in total. The van der Waals surface area contributed by atoms with Crippen LogP contribution in [-0.4, -0.2) is 29.5 Å². The lowest BCUT2D eigenvalue weighted by Crippen LogP contribution is -2.47. The molecule has 0 radical (unpaired) electrons. The number of amides is 1. The molecule has 5 nitrogen and oxygen atoms in total. The van der Waals surface area contributed by atoms with Crippen LogP contribution in [0.4, 0.5) is 6.01 Å². The molecule has 0 atom stereocenters. The molecule has 1 fully saturated rings. The normalized spacial score (nSPS) is 17.0. The van der Waals surface area contributed by atoms with Crippen LogP contribution < -0.4 is 10.2 Å². The Balaban J connectivity index is 1.63. The molecule has 2 aromatic rings. The molecule has 2 heterocycles. The van der Waals surface area contributed by atoms with Crippen LogP contribution >= 0.6 is 0 Å². The molecule has 0 aliphatic carbocycles. The third kappa shape index (κ3) is 3.24. The summed E-state index contributed by atoms with van der Waals surface area (Å²) in [6.07, 6.45) is 1.67. The monoisotopic (exact) mass is 301 g/mol. The lowest BCUT2D eigenvalue weighted by molar-refractivity contribution is -0.127. The first-order chi connectivity index (χ1) is 10.4. The van der Waals surface area contributed by atoms with Crippen molar-refractivity contribution < 1.29 is 9.21 Å². The van der Waals surface area contributed by atoms with Gasteiger partial charge in [0.15, 0.2) is 5.58 Å². The van der Waals surface area contributed by atoms with E-state index in [1.165, 1.54) is 0 Å². The Morgan fingerprint density at radius 3 is 2.59 bits per heavy atom. The molecule has 1 aromatic carbocycles. The van der Waals surface area contributed by atoms with Crippen LogP contribution in [0.15, 0.2) is 28.7 Å². The number of nitrogens with zero attached hydrogens (tertiary/aromatic N) is 2. The minimum atomic E-state index is -0.172. The second kappa shape index (κ2) is 5.63. The van der Waals surface area contributed by atoms with Crippen molar-refractivity contribution in [2.45, 2.75) is 39.2 Å². The van der Waals surface area contributed by atoms with E-state index in [0.29, 0.717) is 6.01 Å². The Labute approximate surface area is 130 Å². The second-order valence-corrected chi connectivity index (χ2v) is 6.96. The summed E-state index contributed by atoms with van der Waals surface area (Å²) in [5.41, 5.74) is 1.52. The minimum absolute atomic E-state index is 0.0832. The summed E-state index contributed by atoms with van der Waals surface area (Å²) >= 11 is 0. The number of piperidine rings is 1. The van der Waals surface area contributed by atoms with Gasteiger partial charge in [0.25, 0.3) is 6.01 Å². The molecule has 3 rings (SSSR count). The topological polar surface area (TPSA) is 58.4 Å². The number of hydrogen-bond donors (Lipinski definition) is 1. The number of benzene rings is 1. The molecule has 1 aliphatic rings. The zero-order valence-corrected chi connectivity index (χ0v) is 13.4. The van der Waals surface area contributed by atoms with Crippen molar-refractivity contribution in [1.82, 2.24) is 10.3 Å². The van der Waals surface area contributed by atoms with Gasteiger partial charge >= 0.3 is 0 Å². The number of fused-ring (bicyclic) bond motifs is 1. The quantitative estimate of drug-likeness (QED) is 0.926. The van der Waals surface area contributed by atoms with E-state index in [1.807, 2.05) is 45.0 Å². The van der Waals surface area contributed by atoms with E-state index in [9.17, 15) is 4.79 Å². The van der Waals surface area contributed by atoms with Gasteiger partial charge in [-0.25, -0.2) is 0 Å². The van der Waals surface area contributed by atoms with Crippen molar-refractivity contribution in [3.63, 3.8) is 0 Å². The van der Waals surface area contributed by atoms with Gasteiger partial charge in [0.1, 0.15) is 5.52 Å². The molecular weight excluding hydrogens is 278 g/mol. The fourth-order valence-corrected chi connectivity index (χ4v) is 2.80. The van der Waals surface area contributed by atoms with Crippen molar-refractivity contribution in [3.05, 3.63) is 24.3 Å². The maximum absolute atomic E-state index is 12.2. The van der Waals surface area contributed by atoms with Crippen LogP contribution in [0.5, 0.6) is 0 Å². The van der Waals surface area contributed by atoms with Gasteiger partial charge in [0.05, 0.1) is 0 Å². The Morgan fingerprint density at radius 1 is 1.27 bits per heavy atom. The summed E-state index contributed by atoms with van der Waals surface area (Å²) in [5, 5.41) is 3.07. The average Bonchev–Trinajstić information content (AvgIpc) is 2.89. The van der Waals surface area contributed by atoms with Gasteiger partial charge in [0.2, 0.25) is 5.91 Å². The first-order valence-corrected chi connectivity index (χ1v) is 7.85. The number of hydrogen-bond acceptors (Lipinski definition) is 4. The SMILES string of the molecule is CC(C)(C)NC(=O)C1CCN(c2nc3ccccc3o2)CC1. The first kappa shape index (κ1) is 14.9. The molecule has 5 heteroatoms. The molecule has 1 amide bonds. The van der Waals surface area contributed by atoms with E-state index in [-0.39, 0.29) is 17.4 Å². The molecule has 0 unspecified atom stereocenters. The lowest BCUT2D eigenvalue weighted by Gasteiger charge is -2.32. The first-order valence-electron chi connectivity index (χ1n) is 7.85. The molecule has 22 heavy (non-hydrogen) atoms. The van der Waals surface area contributed by atoms with E-state index in [0.717, 1.165) is 37.0 Å². The summed E-state index contributed by atoms with van der Waals surface area (Å²) in [7, 11) is 0. The number of oxazole rings is 1. The predicted molar refractivity (Wildman–Crippen MR) is 86.8 cm³/mol. The number of carbonyl (C=O) groups excluding carboxylic acids is 1. The Morgan fingerprint density at radius 2 is 1.95 bits per heavy atom. The highest BCUT2D eigenvalue weighted by Gasteiger charge is 2.28. The van der Waals surface area contributed by atoms with Crippen molar-refractivity contribution in [1.29, 1.82) is 0 Å². The van der Waals surface area contributed by atoms with E-state index in [4.69, 9.17) is 4.42 Å². The smallest absolute Gasteiger partial charge is 0.298 e. The van der Waals surface area contributed by atoms with E-state index >= 15 is 0 Å². The summed E-state index contributed by atoms with van der Waals surface area (Å²) in [5.74, 6) is 0.240. The fourth-order valence-electron chi connectivity index (χ4n) is 2.80. The van der Waals surface area contributed by atoms with Crippen LogP contribution in [0.1, 0.15) is 33.6 Å². The zero-order chi connectivity index (χ0) is 15.7. The van der Waals surface area contributed by atoms with Crippen molar-refractivity contribution in [2.75, 3.05) is 18.0 Å². The molecule has 0 saturated carbocycles. The Bertz CT molecular complexity index is 631. The van der Waals surface area contributed by atoms with Gasteiger partial charge in [-0.3, -0.25) is 4.79 Å². The Kier molecular flexibility index (Phi) is 3.81. The van der Waals surface area contributed by atoms with Crippen LogP contribution in [0.2, 0.25) is 0 Å². The molecular formula is C17H23N3O2. The number of carbonyl (C=O) groups is 1. The van der Waals surface area contributed by atoms with E-state index in [2.05, 4.69) is 15.2 Å². The van der Waals surface area contributed by atoms with Crippen molar-refractivity contribution in [2.24, 2.45) is 5.92 Å². The summed E-state index contributed by atoms with van der Waals surface area (Å²) in [4.78, 5) is 18.9. The molecule has 1 aromatic heterocycles. The number of aromatic nitrogens is 1.